The molecule has 0 aliphatic rings. The van der Waals surface area contributed by atoms with Crippen molar-refractivity contribution in [2.45, 2.75) is 16.4 Å². The summed E-state index contributed by atoms with van der Waals surface area (Å²) in [5.41, 5.74) is 0.969. The Hall–Kier alpha value is -2.66. The molecule has 23 heavy (non-hydrogen) atoms. The molecule has 3 rings (SSSR count). The Bertz CT molecular complexity index is 878. The summed E-state index contributed by atoms with van der Waals surface area (Å²) in [6.45, 7) is 0.358. The lowest BCUT2D eigenvalue weighted by Crippen LogP contribution is -2.02. The van der Waals surface area contributed by atoms with Crippen LogP contribution in [0.25, 0.3) is 0 Å². The lowest BCUT2D eigenvalue weighted by atomic mass is 10.3. The molecule has 5 heteroatoms. The highest BCUT2D eigenvalue weighted by Gasteiger charge is 2.17. The lowest BCUT2D eigenvalue weighted by Gasteiger charge is -2.09. The van der Waals surface area contributed by atoms with Gasteiger partial charge in [-0.3, -0.25) is 4.98 Å². The fraction of sp³-hybridized carbons (Fsp3) is 0.0556. The molecule has 0 N–H and O–H groups in total. The first kappa shape index (κ1) is 15.2. The molecule has 0 saturated carbocycles. The van der Waals surface area contributed by atoms with E-state index in [2.05, 4.69) is 4.98 Å². The van der Waals surface area contributed by atoms with Gasteiger partial charge in [-0.15, -0.1) is 0 Å². The van der Waals surface area contributed by atoms with Crippen molar-refractivity contribution >= 4 is 9.84 Å². The van der Waals surface area contributed by atoms with E-state index in [1.54, 1.807) is 67.0 Å². The summed E-state index contributed by atoms with van der Waals surface area (Å²) in [5.74, 6) is 0.513. The summed E-state index contributed by atoms with van der Waals surface area (Å²) >= 11 is 0. The zero-order valence-corrected chi connectivity index (χ0v) is 13.1. The van der Waals surface area contributed by atoms with Crippen LogP contribution in [0, 0.1) is 0 Å². The second-order valence-electron chi connectivity index (χ2n) is 4.94. The van der Waals surface area contributed by atoms with Gasteiger partial charge in [-0.1, -0.05) is 24.3 Å². The molecule has 0 fully saturated rings. The molecule has 4 nitrogen and oxygen atoms in total. The standard InChI is InChI=1S/C18H15NO3S/c20-23(21,17-6-2-1-3-7-17)18-8-4-5-16(13-18)22-14-15-9-11-19-12-10-15/h1-13H,14H2. The van der Waals surface area contributed by atoms with Crippen LogP contribution in [0.15, 0.2) is 88.9 Å². The van der Waals surface area contributed by atoms with Gasteiger partial charge in [0.05, 0.1) is 9.79 Å². The molecular weight excluding hydrogens is 310 g/mol. The van der Waals surface area contributed by atoms with E-state index in [9.17, 15) is 8.42 Å². The molecule has 1 heterocycles. The van der Waals surface area contributed by atoms with Crippen molar-refractivity contribution in [2.75, 3.05) is 0 Å². The second kappa shape index (κ2) is 6.62. The number of rotatable bonds is 5. The SMILES string of the molecule is O=S(=O)(c1ccccc1)c1cccc(OCc2ccncc2)c1. The van der Waals surface area contributed by atoms with Gasteiger partial charge >= 0.3 is 0 Å². The third-order valence-electron chi connectivity index (χ3n) is 3.32. The monoisotopic (exact) mass is 325 g/mol. The van der Waals surface area contributed by atoms with Crippen molar-refractivity contribution in [1.82, 2.24) is 4.98 Å². The molecule has 2 aromatic carbocycles. The van der Waals surface area contributed by atoms with Crippen LogP contribution in [0.5, 0.6) is 5.75 Å². The van der Waals surface area contributed by atoms with E-state index in [0.717, 1.165) is 5.56 Å². The minimum absolute atomic E-state index is 0.218. The molecule has 1 aromatic heterocycles. The molecule has 0 amide bonds. The van der Waals surface area contributed by atoms with Crippen LogP contribution in [0.3, 0.4) is 0 Å². The number of hydrogen-bond donors (Lipinski definition) is 0. The summed E-state index contributed by atoms with van der Waals surface area (Å²) in [4.78, 5) is 4.43. The smallest absolute Gasteiger partial charge is 0.206 e. The quantitative estimate of drug-likeness (QED) is 0.720. The van der Waals surface area contributed by atoms with E-state index in [-0.39, 0.29) is 9.79 Å². The Morgan fingerprint density at radius 1 is 0.826 bits per heavy atom. The van der Waals surface area contributed by atoms with Crippen LogP contribution in [0.2, 0.25) is 0 Å². The highest BCUT2D eigenvalue weighted by molar-refractivity contribution is 7.91. The Morgan fingerprint density at radius 3 is 2.26 bits per heavy atom. The zero-order valence-electron chi connectivity index (χ0n) is 12.3. The van der Waals surface area contributed by atoms with Crippen LogP contribution >= 0.6 is 0 Å². The third kappa shape index (κ3) is 3.57. The summed E-state index contributed by atoms with van der Waals surface area (Å²) in [6, 6.07) is 18.6. The van der Waals surface area contributed by atoms with Gasteiger partial charge in [0.25, 0.3) is 0 Å². The van der Waals surface area contributed by atoms with Crippen LogP contribution < -0.4 is 4.74 Å². The maximum atomic E-state index is 12.6. The van der Waals surface area contributed by atoms with Crippen molar-refractivity contribution in [3.8, 4) is 5.75 Å². The molecule has 0 spiro atoms. The molecular formula is C18H15NO3S. The predicted octanol–water partition coefficient (Wildman–Crippen LogP) is 3.49. The first-order chi connectivity index (χ1) is 11.2. The van der Waals surface area contributed by atoms with Crippen molar-refractivity contribution < 1.29 is 13.2 Å². The molecule has 0 aliphatic carbocycles. The Kier molecular flexibility index (Phi) is 4.39. The molecule has 3 aromatic rings. The minimum Gasteiger partial charge on any atom is -0.489 e. The number of nitrogens with zero attached hydrogens (tertiary/aromatic N) is 1. The summed E-state index contributed by atoms with van der Waals surface area (Å²) < 4.78 is 30.9. The fourth-order valence-corrected chi connectivity index (χ4v) is 3.43. The van der Waals surface area contributed by atoms with Crippen molar-refractivity contribution in [3.63, 3.8) is 0 Å². The van der Waals surface area contributed by atoms with E-state index in [1.165, 1.54) is 0 Å². The van der Waals surface area contributed by atoms with Gasteiger partial charge in [-0.25, -0.2) is 8.42 Å². The Labute approximate surface area is 135 Å². The fourth-order valence-electron chi connectivity index (χ4n) is 2.11. The number of benzene rings is 2. The van der Waals surface area contributed by atoms with Crippen LogP contribution in [-0.4, -0.2) is 13.4 Å². The average molecular weight is 325 g/mol. The number of aromatic nitrogens is 1. The van der Waals surface area contributed by atoms with Gasteiger partial charge in [0, 0.05) is 12.4 Å². The van der Waals surface area contributed by atoms with Crippen molar-refractivity contribution in [2.24, 2.45) is 0 Å². The van der Waals surface area contributed by atoms with Crippen molar-refractivity contribution in [3.05, 3.63) is 84.7 Å². The largest absolute Gasteiger partial charge is 0.489 e. The number of hydrogen-bond acceptors (Lipinski definition) is 4. The van der Waals surface area contributed by atoms with Gasteiger partial charge in [-0.05, 0) is 48.0 Å². The van der Waals surface area contributed by atoms with Crippen molar-refractivity contribution in [1.29, 1.82) is 0 Å². The van der Waals surface area contributed by atoms with Gasteiger partial charge in [0.15, 0.2) is 0 Å². The average Bonchev–Trinajstić information content (AvgIpc) is 2.62. The minimum atomic E-state index is -3.53. The first-order valence-electron chi connectivity index (χ1n) is 7.08. The first-order valence-corrected chi connectivity index (χ1v) is 8.56. The second-order valence-corrected chi connectivity index (χ2v) is 6.89. The molecule has 0 bridgehead atoms. The number of ether oxygens (including phenoxy) is 1. The Morgan fingerprint density at radius 2 is 1.52 bits per heavy atom. The van der Waals surface area contributed by atoms with E-state index < -0.39 is 9.84 Å². The summed E-state index contributed by atoms with van der Waals surface area (Å²) in [5, 5.41) is 0. The van der Waals surface area contributed by atoms with E-state index in [1.807, 2.05) is 12.1 Å². The highest BCUT2D eigenvalue weighted by atomic mass is 32.2. The van der Waals surface area contributed by atoms with Crippen LogP contribution in [0.1, 0.15) is 5.56 Å². The third-order valence-corrected chi connectivity index (χ3v) is 5.09. The predicted molar refractivity (Wildman–Crippen MR) is 86.9 cm³/mol. The van der Waals surface area contributed by atoms with E-state index >= 15 is 0 Å². The summed E-state index contributed by atoms with van der Waals surface area (Å²) in [6.07, 6.45) is 3.38. The van der Waals surface area contributed by atoms with Gasteiger partial charge in [-0.2, -0.15) is 0 Å². The van der Waals surface area contributed by atoms with Gasteiger partial charge in [0.1, 0.15) is 12.4 Å². The molecule has 0 radical (unpaired) electrons. The normalized spacial score (nSPS) is 11.1. The highest BCUT2D eigenvalue weighted by Crippen LogP contribution is 2.24. The molecule has 0 aliphatic heterocycles. The molecule has 116 valence electrons. The molecule has 0 unspecified atom stereocenters. The molecule has 0 saturated heterocycles. The van der Waals surface area contributed by atoms with E-state index in [0.29, 0.717) is 12.4 Å². The molecule has 0 atom stereocenters. The maximum Gasteiger partial charge on any atom is 0.206 e. The zero-order chi connectivity index (χ0) is 16.1. The summed E-state index contributed by atoms with van der Waals surface area (Å²) in [7, 11) is -3.53. The van der Waals surface area contributed by atoms with Crippen LogP contribution in [0.4, 0.5) is 0 Å². The van der Waals surface area contributed by atoms with Gasteiger partial charge < -0.3 is 4.74 Å². The van der Waals surface area contributed by atoms with Gasteiger partial charge in [0.2, 0.25) is 9.84 Å². The number of pyridine rings is 1. The maximum absolute atomic E-state index is 12.6. The van der Waals surface area contributed by atoms with Crippen LogP contribution in [-0.2, 0) is 16.4 Å². The lowest BCUT2D eigenvalue weighted by molar-refractivity contribution is 0.305. The van der Waals surface area contributed by atoms with E-state index in [4.69, 9.17) is 4.74 Å². The topological polar surface area (TPSA) is 56.3 Å². The number of sulfone groups is 1. The Balaban J connectivity index is 1.83.